The number of ketones is 1. The third-order valence-corrected chi connectivity index (χ3v) is 3.00. The zero-order chi connectivity index (χ0) is 14.9. The molecule has 0 bridgehead atoms. The molecular weight excluding hydrogens is 296 g/mol. The molecule has 20 heavy (non-hydrogen) atoms. The molecule has 0 N–H and O–H groups in total. The van der Waals surface area contributed by atoms with Gasteiger partial charge in [-0.3, -0.25) is 4.79 Å². The number of rotatable bonds is 2. The number of halogens is 5. The molecular formula is C14H7ClF4O. The minimum atomic E-state index is -4.86. The van der Waals surface area contributed by atoms with Crippen molar-refractivity contribution in [1.82, 2.24) is 0 Å². The van der Waals surface area contributed by atoms with Gasteiger partial charge in [0.05, 0.1) is 16.1 Å². The predicted molar refractivity (Wildman–Crippen MR) is 66.3 cm³/mol. The van der Waals surface area contributed by atoms with Gasteiger partial charge in [0.1, 0.15) is 5.82 Å². The first-order valence-corrected chi connectivity index (χ1v) is 5.85. The van der Waals surface area contributed by atoms with Gasteiger partial charge in [-0.05, 0) is 24.3 Å². The van der Waals surface area contributed by atoms with Crippen LogP contribution >= 0.6 is 11.6 Å². The summed E-state index contributed by atoms with van der Waals surface area (Å²) < 4.78 is 51.6. The maximum atomic E-state index is 13.9. The Morgan fingerprint density at radius 1 is 0.950 bits per heavy atom. The van der Waals surface area contributed by atoms with Crippen LogP contribution in [0.5, 0.6) is 0 Å². The molecule has 0 radical (unpaired) electrons. The van der Waals surface area contributed by atoms with Crippen molar-refractivity contribution < 1.29 is 22.4 Å². The van der Waals surface area contributed by atoms with Crippen LogP contribution < -0.4 is 0 Å². The quantitative estimate of drug-likeness (QED) is 0.579. The number of hydrogen-bond acceptors (Lipinski definition) is 1. The molecule has 0 aliphatic carbocycles. The van der Waals surface area contributed by atoms with E-state index >= 15 is 0 Å². The van der Waals surface area contributed by atoms with E-state index in [1.165, 1.54) is 18.2 Å². The van der Waals surface area contributed by atoms with Crippen LogP contribution in [0.25, 0.3) is 0 Å². The Hall–Kier alpha value is -1.88. The molecule has 0 unspecified atom stereocenters. The lowest BCUT2D eigenvalue weighted by atomic mass is 10.0. The van der Waals surface area contributed by atoms with Gasteiger partial charge in [-0.2, -0.15) is 13.2 Å². The molecule has 0 saturated carbocycles. The zero-order valence-electron chi connectivity index (χ0n) is 9.84. The second-order valence-electron chi connectivity index (χ2n) is 3.97. The lowest BCUT2D eigenvalue weighted by molar-refractivity contribution is -0.140. The summed E-state index contributed by atoms with van der Waals surface area (Å²) in [5.41, 5.74) is -2.18. The summed E-state index contributed by atoms with van der Waals surface area (Å²) in [7, 11) is 0. The second-order valence-corrected chi connectivity index (χ2v) is 4.38. The van der Waals surface area contributed by atoms with Crippen molar-refractivity contribution in [1.29, 1.82) is 0 Å². The van der Waals surface area contributed by atoms with Gasteiger partial charge in [-0.1, -0.05) is 29.8 Å². The number of hydrogen-bond donors (Lipinski definition) is 0. The summed E-state index contributed by atoms with van der Waals surface area (Å²) in [5, 5.41) is 0.0503. The molecule has 0 heterocycles. The monoisotopic (exact) mass is 302 g/mol. The number of benzene rings is 2. The van der Waals surface area contributed by atoms with Crippen molar-refractivity contribution in [3.05, 3.63) is 70.0 Å². The Labute approximate surface area is 116 Å². The maximum Gasteiger partial charge on any atom is 0.419 e. The van der Waals surface area contributed by atoms with E-state index in [0.29, 0.717) is 6.07 Å². The van der Waals surface area contributed by atoms with Crippen LogP contribution in [-0.4, -0.2) is 5.78 Å². The first-order chi connectivity index (χ1) is 9.32. The van der Waals surface area contributed by atoms with Crippen molar-refractivity contribution in [3.63, 3.8) is 0 Å². The maximum absolute atomic E-state index is 13.9. The highest BCUT2D eigenvalue weighted by atomic mass is 35.5. The van der Waals surface area contributed by atoms with E-state index in [4.69, 9.17) is 11.6 Å². The van der Waals surface area contributed by atoms with E-state index in [-0.39, 0.29) is 10.6 Å². The largest absolute Gasteiger partial charge is 0.419 e. The average Bonchev–Trinajstić information content (AvgIpc) is 2.37. The number of carbonyl (C=O) groups excluding carboxylic acids is 1. The van der Waals surface area contributed by atoms with Crippen molar-refractivity contribution in [3.8, 4) is 0 Å². The summed E-state index contributed by atoms with van der Waals surface area (Å²) in [6.45, 7) is 0. The summed E-state index contributed by atoms with van der Waals surface area (Å²) in [4.78, 5) is 12.1. The van der Waals surface area contributed by atoms with E-state index in [1.54, 1.807) is 6.07 Å². The van der Waals surface area contributed by atoms with Crippen molar-refractivity contribution in [2.45, 2.75) is 6.18 Å². The molecule has 0 fully saturated rings. The standard InChI is InChI=1S/C14H7ClF4O/c15-11-7-2-1-4-8(11)13(20)9-5-3-6-10(12(9)16)14(17,18)19/h1-7H. The van der Waals surface area contributed by atoms with Crippen molar-refractivity contribution in [2.24, 2.45) is 0 Å². The fourth-order valence-corrected chi connectivity index (χ4v) is 1.94. The van der Waals surface area contributed by atoms with Gasteiger partial charge < -0.3 is 0 Å². The average molecular weight is 303 g/mol. The van der Waals surface area contributed by atoms with E-state index in [9.17, 15) is 22.4 Å². The predicted octanol–water partition coefficient (Wildman–Crippen LogP) is 4.73. The Morgan fingerprint density at radius 3 is 2.15 bits per heavy atom. The van der Waals surface area contributed by atoms with Gasteiger partial charge in [0, 0.05) is 5.56 Å². The Balaban J connectivity index is 2.55. The second kappa shape index (κ2) is 5.25. The molecule has 0 saturated heterocycles. The first-order valence-electron chi connectivity index (χ1n) is 5.47. The Bertz CT molecular complexity index is 664. The summed E-state index contributed by atoms with van der Waals surface area (Å²) in [6.07, 6.45) is -4.86. The van der Waals surface area contributed by atoms with Gasteiger partial charge in [-0.25, -0.2) is 4.39 Å². The summed E-state index contributed by atoms with van der Waals surface area (Å²) in [6, 6.07) is 8.34. The molecule has 2 aromatic carbocycles. The zero-order valence-corrected chi connectivity index (χ0v) is 10.6. The highest BCUT2D eigenvalue weighted by Gasteiger charge is 2.35. The van der Waals surface area contributed by atoms with Gasteiger partial charge in [-0.15, -0.1) is 0 Å². The summed E-state index contributed by atoms with van der Waals surface area (Å²) in [5.74, 6) is -2.48. The van der Waals surface area contributed by atoms with Gasteiger partial charge >= 0.3 is 6.18 Å². The molecule has 2 aromatic rings. The molecule has 0 aliphatic rings. The number of alkyl halides is 3. The first kappa shape index (κ1) is 14.5. The van der Waals surface area contributed by atoms with Crippen LogP contribution in [0.2, 0.25) is 5.02 Å². The van der Waals surface area contributed by atoms with Crippen LogP contribution in [-0.2, 0) is 6.18 Å². The van der Waals surface area contributed by atoms with Crippen LogP contribution in [0.15, 0.2) is 42.5 Å². The lowest BCUT2D eigenvalue weighted by Crippen LogP contribution is -2.13. The van der Waals surface area contributed by atoms with Crippen LogP contribution in [0.3, 0.4) is 0 Å². The van der Waals surface area contributed by atoms with E-state index in [1.807, 2.05) is 0 Å². The molecule has 0 amide bonds. The number of carbonyl (C=O) groups is 1. The van der Waals surface area contributed by atoms with E-state index in [0.717, 1.165) is 12.1 Å². The molecule has 6 heteroatoms. The topological polar surface area (TPSA) is 17.1 Å². The summed E-state index contributed by atoms with van der Waals surface area (Å²) >= 11 is 5.79. The fourth-order valence-electron chi connectivity index (χ4n) is 1.72. The normalized spacial score (nSPS) is 11.4. The highest BCUT2D eigenvalue weighted by Crippen LogP contribution is 2.33. The highest BCUT2D eigenvalue weighted by molar-refractivity contribution is 6.35. The Morgan fingerprint density at radius 2 is 1.55 bits per heavy atom. The smallest absolute Gasteiger partial charge is 0.288 e. The SMILES string of the molecule is O=C(c1ccccc1Cl)c1cccc(C(F)(F)F)c1F. The molecule has 0 atom stereocenters. The van der Waals surface area contributed by atoms with Gasteiger partial charge in [0.25, 0.3) is 0 Å². The minimum absolute atomic E-state index is 0.0487. The molecule has 1 nitrogen and oxygen atoms in total. The molecule has 0 aliphatic heterocycles. The third-order valence-electron chi connectivity index (χ3n) is 2.67. The van der Waals surface area contributed by atoms with Crippen molar-refractivity contribution >= 4 is 17.4 Å². The van der Waals surface area contributed by atoms with E-state index < -0.39 is 28.9 Å². The van der Waals surface area contributed by atoms with E-state index in [2.05, 4.69) is 0 Å². The van der Waals surface area contributed by atoms with Crippen LogP contribution in [0.4, 0.5) is 17.6 Å². The molecule has 0 aromatic heterocycles. The van der Waals surface area contributed by atoms with Crippen LogP contribution in [0, 0.1) is 5.82 Å². The fraction of sp³-hybridized carbons (Fsp3) is 0.0714. The Kier molecular flexibility index (Phi) is 3.81. The lowest BCUT2D eigenvalue weighted by Gasteiger charge is -2.11. The van der Waals surface area contributed by atoms with Gasteiger partial charge in [0.15, 0.2) is 5.78 Å². The van der Waals surface area contributed by atoms with Crippen LogP contribution in [0.1, 0.15) is 21.5 Å². The van der Waals surface area contributed by atoms with Crippen molar-refractivity contribution in [2.75, 3.05) is 0 Å². The third kappa shape index (κ3) is 2.67. The molecule has 0 spiro atoms. The van der Waals surface area contributed by atoms with Gasteiger partial charge in [0.2, 0.25) is 0 Å². The molecule has 104 valence electrons. The minimum Gasteiger partial charge on any atom is -0.288 e. The molecule has 2 rings (SSSR count).